The number of carboxylic acids is 1. The summed E-state index contributed by atoms with van der Waals surface area (Å²) < 4.78 is 9.76. The van der Waals surface area contributed by atoms with Gasteiger partial charge in [0.25, 0.3) is 0 Å². The molecule has 1 N–H and O–H groups in total. The molecule has 1 rings (SSSR count). The Balaban J connectivity index is 2.84. The molecular weight excluding hydrogens is 368 g/mol. The van der Waals surface area contributed by atoms with Gasteiger partial charge in [0.1, 0.15) is 0 Å². The van der Waals surface area contributed by atoms with E-state index < -0.39 is 12.3 Å². The van der Waals surface area contributed by atoms with Crippen LogP contribution < -0.4 is 5.11 Å². The average Bonchev–Trinajstić information content (AvgIpc) is 2.67. The molecular formula is C18H35N4O6-. The minimum atomic E-state index is -1.10. The number of aliphatic hydroxyl groups excluding tert-OH is 1. The van der Waals surface area contributed by atoms with Crippen molar-refractivity contribution in [1.29, 1.82) is 0 Å². The zero-order chi connectivity index (χ0) is 20.9. The fourth-order valence-electron chi connectivity index (χ4n) is 3.12. The summed E-state index contributed by atoms with van der Waals surface area (Å²) in [4.78, 5) is 31.0. The molecule has 1 aliphatic heterocycles. The maximum atomic E-state index is 11.7. The lowest BCUT2D eigenvalue weighted by Crippen LogP contribution is -2.49. The molecule has 0 amide bonds. The Hall–Kier alpha value is -1.30. The molecule has 0 saturated carbocycles. The summed E-state index contributed by atoms with van der Waals surface area (Å²) >= 11 is 0. The Morgan fingerprint density at radius 2 is 1.36 bits per heavy atom. The number of carbonyl (C=O) groups excluding carboxylic acids is 2. The molecule has 28 heavy (non-hydrogen) atoms. The fraction of sp³-hybridized carbons (Fsp3) is 0.889. The third-order valence-corrected chi connectivity index (χ3v) is 5.00. The van der Waals surface area contributed by atoms with E-state index in [0.29, 0.717) is 39.3 Å². The van der Waals surface area contributed by atoms with E-state index in [2.05, 4.69) is 16.7 Å². The van der Waals surface area contributed by atoms with Gasteiger partial charge in [0, 0.05) is 72.6 Å². The van der Waals surface area contributed by atoms with Gasteiger partial charge in [-0.15, -0.1) is 0 Å². The van der Waals surface area contributed by atoms with Crippen LogP contribution in [0.15, 0.2) is 0 Å². The highest BCUT2D eigenvalue weighted by Crippen LogP contribution is 2.02. The van der Waals surface area contributed by atoms with E-state index in [1.54, 1.807) is 0 Å². The van der Waals surface area contributed by atoms with Crippen molar-refractivity contribution in [3.8, 4) is 0 Å². The minimum Gasteiger partial charge on any atom is -0.549 e. The first-order valence-corrected chi connectivity index (χ1v) is 9.74. The standard InChI is InChI=1S/C18H36N4O6/c1-4-19-5-7-20(13-16(23)24)9-10-22(15-18(26)28-3)12-11-21(8-6-19)14-17(25)27-2/h17,25H,4-15H2,1-3H3,(H,23,24)/p-1. The van der Waals surface area contributed by atoms with Crippen LogP contribution in [0.25, 0.3) is 0 Å². The highest BCUT2D eigenvalue weighted by Gasteiger charge is 2.19. The number of aliphatic hydroxyl groups is 1. The monoisotopic (exact) mass is 403 g/mol. The van der Waals surface area contributed by atoms with E-state index in [1.165, 1.54) is 14.2 Å². The van der Waals surface area contributed by atoms with Gasteiger partial charge in [-0.2, -0.15) is 0 Å². The number of aliphatic carboxylic acids is 1. The van der Waals surface area contributed by atoms with E-state index >= 15 is 0 Å². The summed E-state index contributed by atoms with van der Waals surface area (Å²) in [6.45, 7) is 8.49. The fourth-order valence-corrected chi connectivity index (χ4v) is 3.12. The van der Waals surface area contributed by atoms with Crippen LogP contribution in [0.5, 0.6) is 0 Å². The Bertz CT molecular complexity index is 467. The van der Waals surface area contributed by atoms with Crippen LogP contribution in [0.1, 0.15) is 6.92 Å². The summed E-state index contributed by atoms with van der Waals surface area (Å²) in [6, 6.07) is 0. The highest BCUT2D eigenvalue weighted by molar-refractivity contribution is 5.71. The number of β-amino-alcohol motifs (C(OH)–C–C–N with tert-alkyl or cyclic N) is 1. The number of esters is 1. The molecule has 10 heteroatoms. The second-order valence-corrected chi connectivity index (χ2v) is 6.93. The number of hydrogen-bond donors (Lipinski definition) is 1. The smallest absolute Gasteiger partial charge is 0.319 e. The molecule has 164 valence electrons. The maximum absolute atomic E-state index is 11.7. The first-order chi connectivity index (χ1) is 13.4. The predicted molar refractivity (Wildman–Crippen MR) is 101 cm³/mol. The Morgan fingerprint density at radius 1 is 0.893 bits per heavy atom. The second kappa shape index (κ2) is 13.8. The normalized spacial score (nSPS) is 20.9. The first kappa shape index (κ1) is 24.7. The van der Waals surface area contributed by atoms with Crippen molar-refractivity contribution in [3.05, 3.63) is 0 Å². The number of carboxylic acid groups (broad SMARTS) is 1. The zero-order valence-electron chi connectivity index (χ0n) is 17.3. The molecule has 1 atom stereocenters. The molecule has 10 nitrogen and oxygen atoms in total. The lowest BCUT2D eigenvalue weighted by molar-refractivity contribution is -0.306. The van der Waals surface area contributed by atoms with E-state index in [0.717, 1.165) is 26.2 Å². The van der Waals surface area contributed by atoms with Crippen LogP contribution in [-0.2, 0) is 19.1 Å². The molecule has 0 aliphatic carbocycles. The van der Waals surface area contributed by atoms with Gasteiger partial charge in [0.15, 0.2) is 6.29 Å². The second-order valence-electron chi connectivity index (χ2n) is 6.93. The molecule has 0 aromatic rings. The predicted octanol–water partition coefficient (Wildman–Crippen LogP) is -2.88. The number of carbonyl (C=O) groups is 2. The van der Waals surface area contributed by atoms with Crippen molar-refractivity contribution in [3.63, 3.8) is 0 Å². The van der Waals surface area contributed by atoms with Gasteiger partial charge < -0.3 is 29.4 Å². The van der Waals surface area contributed by atoms with Crippen LogP contribution in [-0.4, -0.2) is 136 Å². The average molecular weight is 404 g/mol. The maximum Gasteiger partial charge on any atom is 0.319 e. The summed E-state index contributed by atoms with van der Waals surface area (Å²) in [7, 11) is 2.82. The Kier molecular flexibility index (Phi) is 12.2. The molecule has 0 spiro atoms. The van der Waals surface area contributed by atoms with Crippen molar-refractivity contribution in [1.82, 2.24) is 19.6 Å². The van der Waals surface area contributed by atoms with Crippen molar-refractivity contribution < 1.29 is 29.3 Å². The van der Waals surface area contributed by atoms with Gasteiger partial charge in [-0.05, 0) is 6.54 Å². The Labute approximate surface area is 167 Å². The van der Waals surface area contributed by atoms with Crippen molar-refractivity contribution in [2.75, 3.05) is 92.8 Å². The van der Waals surface area contributed by atoms with Crippen molar-refractivity contribution in [2.24, 2.45) is 0 Å². The number of likely N-dealkylation sites (N-methyl/N-ethyl adjacent to an activating group) is 1. The van der Waals surface area contributed by atoms with E-state index in [4.69, 9.17) is 9.47 Å². The molecule has 0 bridgehead atoms. The highest BCUT2D eigenvalue weighted by atomic mass is 16.6. The zero-order valence-corrected chi connectivity index (χ0v) is 17.3. The topological polar surface area (TPSA) is 109 Å². The SMILES string of the molecule is CCN1CCN(CC(=O)[O-])CCN(CC(=O)OC)CCN(CC(O)OC)CC1. The van der Waals surface area contributed by atoms with Gasteiger partial charge in [0.2, 0.25) is 0 Å². The first-order valence-electron chi connectivity index (χ1n) is 9.74. The number of rotatable bonds is 8. The molecule has 0 radical (unpaired) electrons. The van der Waals surface area contributed by atoms with Gasteiger partial charge in [-0.1, -0.05) is 6.92 Å². The van der Waals surface area contributed by atoms with Crippen molar-refractivity contribution in [2.45, 2.75) is 13.2 Å². The molecule has 1 aliphatic rings. The summed E-state index contributed by atoms with van der Waals surface area (Å²) in [6.07, 6.45) is -0.865. The van der Waals surface area contributed by atoms with Crippen LogP contribution in [0.2, 0.25) is 0 Å². The van der Waals surface area contributed by atoms with E-state index in [-0.39, 0.29) is 19.1 Å². The van der Waals surface area contributed by atoms with Crippen molar-refractivity contribution >= 4 is 11.9 Å². The number of hydrogen-bond acceptors (Lipinski definition) is 10. The number of methoxy groups -OCH3 is 2. The molecule has 1 fully saturated rings. The third kappa shape index (κ3) is 10.3. The molecule has 1 heterocycles. The summed E-state index contributed by atoms with van der Waals surface area (Å²) in [5.41, 5.74) is 0. The van der Waals surface area contributed by atoms with E-state index in [1.807, 2.05) is 9.80 Å². The van der Waals surface area contributed by atoms with Crippen LogP contribution >= 0.6 is 0 Å². The number of ether oxygens (including phenoxy) is 2. The molecule has 0 aromatic heterocycles. The van der Waals surface area contributed by atoms with E-state index in [9.17, 15) is 19.8 Å². The number of nitrogens with zero attached hydrogens (tertiary/aromatic N) is 4. The van der Waals surface area contributed by atoms with Gasteiger partial charge in [-0.25, -0.2) is 0 Å². The van der Waals surface area contributed by atoms with Gasteiger partial charge >= 0.3 is 5.97 Å². The van der Waals surface area contributed by atoms with Gasteiger partial charge in [0.05, 0.1) is 19.6 Å². The lowest BCUT2D eigenvalue weighted by atomic mass is 10.3. The quantitative estimate of drug-likeness (QED) is 0.335. The molecule has 1 saturated heterocycles. The van der Waals surface area contributed by atoms with Crippen LogP contribution in [0, 0.1) is 0 Å². The lowest BCUT2D eigenvalue weighted by Gasteiger charge is -2.34. The van der Waals surface area contributed by atoms with Crippen LogP contribution in [0.3, 0.4) is 0 Å². The molecule has 0 aromatic carbocycles. The summed E-state index contributed by atoms with van der Waals surface area (Å²) in [5, 5.41) is 20.9. The Morgan fingerprint density at radius 3 is 1.79 bits per heavy atom. The molecule has 1 unspecified atom stereocenters. The third-order valence-electron chi connectivity index (χ3n) is 5.00. The van der Waals surface area contributed by atoms with Gasteiger partial charge in [-0.3, -0.25) is 19.5 Å². The van der Waals surface area contributed by atoms with Crippen LogP contribution in [0.4, 0.5) is 0 Å². The largest absolute Gasteiger partial charge is 0.549 e. The minimum absolute atomic E-state index is 0.129. The summed E-state index contributed by atoms with van der Waals surface area (Å²) in [5.74, 6) is -1.44.